The van der Waals surface area contributed by atoms with E-state index in [2.05, 4.69) is 15.2 Å². The van der Waals surface area contributed by atoms with E-state index in [0.29, 0.717) is 19.5 Å². The molecule has 3 fully saturated rings. The lowest BCUT2D eigenvalue weighted by molar-refractivity contribution is -0.299. The van der Waals surface area contributed by atoms with Crippen LogP contribution in [0.4, 0.5) is 0 Å². The van der Waals surface area contributed by atoms with Gasteiger partial charge in [0.2, 0.25) is 0 Å². The summed E-state index contributed by atoms with van der Waals surface area (Å²) in [7, 11) is 1.94. The molecule has 0 saturated carbocycles. The third-order valence-corrected chi connectivity index (χ3v) is 14.4. The Kier molecular flexibility index (Phi) is 17.0. The molecule has 5 heterocycles. The SMILES string of the molecule is CC[C@H]1OC(=O)[C@H](C)[C@@H](O)[C@H](C)[C@@H](O[C@@H]2O[C@H](C)C[C@H](N(C)Cc3ccc(-c4cn(CCCCCCCn5cccc(O)c5=O)nn4)cc3)[C@H]2O)[C@@]2(C)C[C@@H](CO2)C(=O)[C@H](C)[C@@H](O)[C@]1(C)O. The number of aromatic hydroxyl groups is 1. The molecule has 17 nitrogen and oxygen atoms in total. The van der Waals surface area contributed by atoms with E-state index in [1.165, 1.54) is 19.9 Å². The number of Topliss-reactive ketones (excluding diaryl/α,β-unsaturated/α-hetero) is 1. The minimum atomic E-state index is -1.94. The highest BCUT2D eigenvalue weighted by Crippen LogP contribution is 2.43. The summed E-state index contributed by atoms with van der Waals surface area (Å²) in [6, 6.07) is 10.8. The summed E-state index contributed by atoms with van der Waals surface area (Å²) < 4.78 is 28.5. The van der Waals surface area contributed by atoms with Crippen molar-refractivity contribution in [1.29, 1.82) is 0 Å². The van der Waals surface area contributed by atoms with Crippen LogP contribution in [-0.2, 0) is 48.2 Å². The molecule has 3 saturated heterocycles. The Morgan fingerprint density at radius 2 is 1.61 bits per heavy atom. The van der Waals surface area contributed by atoms with Gasteiger partial charge in [-0.3, -0.25) is 24.0 Å². The summed E-state index contributed by atoms with van der Waals surface area (Å²) in [6.45, 7) is 13.4. The van der Waals surface area contributed by atoms with Crippen molar-refractivity contribution in [1.82, 2.24) is 24.5 Å². The van der Waals surface area contributed by atoms with Gasteiger partial charge < -0.3 is 49.0 Å². The zero-order valence-corrected chi connectivity index (χ0v) is 39.9. The Labute approximate surface area is 388 Å². The number of aryl methyl sites for hydroxylation is 2. The number of hydrogen-bond donors (Lipinski definition) is 5. The van der Waals surface area contributed by atoms with Crippen LogP contribution in [0.25, 0.3) is 11.3 Å². The van der Waals surface area contributed by atoms with Gasteiger partial charge >= 0.3 is 5.97 Å². The van der Waals surface area contributed by atoms with E-state index in [9.17, 15) is 39.9 Å². The first-order valence-electron chi connectivity index (χ1n) is 23.8. The second-order valence-electron chi connectivity index (χ2n) is 19.7. The van der Waals surface area contributed by atoms with Crippen LogP contribution in [0, 0.1) is 23.7 Å². The monoisotopic (exact) mass is 924 g/mol. The largest absolute Gasteiger partial charge is 0.503 e. The van der Waals surface area contributed by atoms with Crippen LogP contribution in [0.2, 0.25) is 0 Å². The number of esters is 1. The lowest BCUT2D eigenvalue weighted by atomic mass is 9.75. The van der Waals surface area contributed by atoms with Gasteiger partial charge in [-0.05, 0) is 84.5 Å². The number of carbonyl (C=O) groups excluding carboxylic acids is 2. The number of pyridine rings is 1. The molecule has 3 aliphatic heterocycles. The predicted octanol–water partition coefficient (Wildman–Crippen LogP) is 4.23. The van der Waals surface area contributed by atoms with Crippen LogP contribution in [0.3, 0.4) is 0 Å². The van der Waals surface area contributed by atoms with Gasteiger partial charge in [0.15, 0.2) is 12.0 Å². The molecular formula is C49H73N5O12. The summed E-state index contributed by atoms with van der Waals surface area (Å²) in [4.78, 5) is 41.5. The molecule has 0 aliphatic carbocycles. The van der Waals surface area contributed by atoms with E-state index in [-0.39, 0.29) is 48.7 Å². The van der Waals surface area contributed by atoms with E-state index in [4.69, 9.17) is 18.9 Å². The van der Waals surface area contributed by atoms with Crippen molar-refractivity contribution >= 4 is 11.8 Å². The highest BCUT2D eigenvalue weighted by atomic mass is 16.7. The number of benzene rings is 1. The van der Waals surface area contributed by atoms with E-state index in [1.807, 2.05) is 49.1 Å². The van der Waals surface area contributed by atoms with Crippen molar-refractivity contribution in [2.75, 3.05) is 13.7 Å². The van der Waals surface area contributed by atoms with Crippen molar-refractivity contribution < 1.29 is 54.1 Å². The average Bonchev–Trinajstić information content (AvgIpc) is 3.94. The quantitative estimate of drug-likeness (QED) is 0.106. The smallest absolute Gasteiger partial charge is 0.311 e. The van der Waals surface area contributed by atoms with Crippen LogP contribution in [0.5, 0.6) is 5.75 Å². The van der Waals surface area contributed by atoms with Crippen LogP contribution in [0.15, 0.2) is 53.6 Å². The molecule has 14 atom stereocenters. The van der Waals surface area contributed by atoms with Gasteiger partial charge in [-0.2, -0.15) is 0 Å². The first kappa shape index (κ1) is 51.3. The molecule has 3 aliphatic rings. The summed E-state index contributed by atoms with van der Waals surface area (Å²) in [5.74, 6) is -4.84. The number of ketones is 1. The van der Waals surface area contributed by atoms with Gasteiger partial charge in [0, 0.05) is 55.2 Å². The fraction of sp³-hybridized carbons (Fsp3) is 0.694. The summed E-state index contributed by atoms with van der Waals surface area (Å²) in [6.07, 6.45) is 1.76. The van der Waals surface area contributed by atoms with Gasteiger partial charge in [-0.25, -0.2) is 0 Å². The number of hydrogen-bond acceptors (Lipinski definition) is 15. The lowest BCUT2D eigenvalue weighted by Gasteiger charge is -2.47. The van der Waals surface area contributed by atoms with Gasteiger partial charge in [-0.1, -0.05) is 69.5 Å². The Morgan fingerprint density at radius 3 is 2.30 bits per heavy atom. The van der Waals surface area contributed by atoms with Crippen molar-refractivity contribution in [3.63, 3.8) is 0 Å². The number of aliphatic hydroxyl groups excluding tert-OH is 3. The first-order valence-corrected chi connectivity index (χ1v) is 23.8. The number of fused-ring (bicyclic) bond motifs is 2. The van der Waals surface area contributed by atoms with E-state index >= 15 is 0 Å². The van der Waals surface area contributed by atoms with Crippen molar-refractivity contribution in [3.05, 3.63) is 64.7 Å². The second-order valence-corrected chi connectivity index (χ2v) is 19.7. The molecule has 17 heteroatoms. The highest BCUT2D eigenvalue weighted by Gasteiger charge is 2.55. The lowest BCUT2D eigenvalue weighted by Crippen LogP contribution is -2.59. The molecule has 2 aromatic heterocycles. The fourth-order valence-electron chi connectivity index (χ4n) is 10.2. The molecule has 0 spiro atoms. The number of aliphatic hydroxyl groups is 4. The first-order chi connectivity index (χ1) is 31.2. The Bertz CT molecular complexity index is 2120. The van der Waals surface area contributed by atoms with E-state index in [1.54, 1.807) is 44.5 Å². The van der Waals surface area contributed by atoms with Gasteiger partial charge in [0.05, 0.1) is 48.7 Å². The fourth-order valence-corrected chi connectivity index (χ4v) is 10.2. The van der Waals surface area contributed by atoms with Crippen molar-refractivity contribution in [3.8, 4) is 17.0 Å². The minimum absolute atomic E-state index is 0.0175. The number of cyclic esters (lactones) is 1. The van der Waals surface area contributed by atoms with Crippen LogP contribution in [0.1, 0.15) is 105 Å². The topological polar surface area (TPSA) is 228 Å². The molecule has 6 rings (SSSR count). The molecule has 5 N–H and O–H groups in total. The van der Waals surface area contributed by atoms with Gasteiger partial charge in [0.25, 0.3) is 5.56 Å². The van der Waals surface area contributed by atoms with E-state index in [0.717, 1.165) is 55.5 Å². The molecule has 0 radical (unpaired) electrons. The summed E-state index contributed by atoms with van der Waals surface area (Å²) >= 11 is 0. The maximum absolute atomic E-state index is 13.9. The molecule has 2 bridgehead atoms. The Balaban J connectivity index is 1.07. The molecule has 1 aromatic carbocycles. The molecule has 0 amide bonds. The maximum atomic E-state index is 13.9. The number of ether oxygens (including phenoxy) is 4. The Hall–Kier alpha value is -4.07. The van der Waals surface area contributed by atoms with E-state index < -0.39 is 77.7 Å². The second kappa shape index (κ2) is 21.9. The van der Waals surface area contributed by atoms with Gasteiger partial charge in [0.1, 0.15) is 29.3 Å². The maximum Gasteiger partial charge on any atom is 0.311 e. The Morgan fingerprint density at radius 1 is 0.924 bits per heavy atom. The molecule has 366 valence electrons. The summed E-state index contributed by atoms with van der Waals surface area (Å²) in [5, 5.41) is 64.9. The van der Waals surface area contributed by atoms with Crippen molar-refractivity contribution in [2.24, 2.45) is 23.7 Å². The van der Waals surface area contributed by atoms with Crippen LogP contribution >= 0.6 is 0 Å². The van der Waals surface area contributed by atoms with Crippen LogP contribution < -0.4 is 5.56 Å². The average molecular weight is 924 g/mol. The molecule has 3 aromatic rings. The molecular weight excluding hydrogens is 851 g/mol. The predicted molar refractivity (Wildman–Crippen MR) is 244 cm³/mol. The number of nitrogens with zero attached hydrogens (tertiary/aromatic N) is 5. The zero-order chi connectivity index (χ0) is 48.1. The molecule has 0 unspecified atom stereocenters. The highest BCUT2D eigenvalue weighted by molar-refractivity contribution is 5.84. The third-order valence-electron chi connectivity index (χ3n) is 14.4. The number of aromatic nitrogens is 4. The van der Waals surface area contributed by atoms with Crippen LogP contribution in [-0.4, -0.2) is 136 Å². The molecule has 66 heavy (non-hydrogen) atoms. The summed E-state index contributed by atoms with van der Waals surface area (Å²) in [5.41, 5.74) is -0.759. The number of rotatable bonds is 15. The van der Waals surface area contributed by atoms with Gasteiger partial charge in [-0.15, -0.1) is 5.10 Å². The number of likely N-dealkylation sites (N-methyl/N-ethyl adjacent to an activating group) is 1. The third kappa shape index (κ3) is 11.6. The zero-order valence-electron chi connectivity index (χ0n) is 39.9. The minimum Gasteiger partial charge on any atom is -0.503 e. The normalized spacial score (nSPS) is 34.6. The number of unbranched alkanes of at least 4 members (excludes halogenated alkanes) is 4. The van der Waals surface area contributed by atoms with Crippen molar-refractivity contribution in [2.45, 2.75) is 180 Å². The standard InChI is InChI=1S/C49H73N5O12/c1-9-39-49(7,62)43(59)30(3)41(57)35-25-48(6,63-28-35)44(31(4)40(56)32(5)46(61)65-39)66-47-42(58)37(24-29(2)64-47)52(8)26-33-17-19-34(20-18-33)36-27-54(51-50-36)23-14-12-10-11-13-21-53-22-15-16-38(55)45(53)60/h15-20,22,27,29-32,35,37,39-40,42-44,47,55-56,58-59,62H,9-14,21,23-26,28H2,1-8H3/t29-,30+,31+,32-,35+,37+,39-,40+,42-,43-,44-,47+,48-,49-/m1/s1. The number of carbonyl (C=O) groups is 2.